The van der Waals surface area contributed by atoms with Crippen LogP contribution in [-0.4, -0.2) is 17.3 Å². The van der Waals surface area contributed by atoms with E-state index in [1.54, 1.807) is 6.07 Å². The Morgan fingerprint density at radius 2 is 1.78 bits per heavy atom. The summed E-state index contributed by atoms with van der Waals surface area (Å²) in [6.07, 6.45) is -4.32. The van der Waals surface area contributed by atoms with Gasteiger partial charge in [0.1, 0.15) is 0 Å². The van der Waals surface area contributed by atoms with Crippen molar-refractivity contribution in [2.24, 2.45) is 0 Å². The summed E-state index contributed by atoms with van der Waals surface area (Å²) in [7, 11) is 0. The molecule has 1 rings (SSSR count). The lowest BCUT2D eigenvalue weighted by atomic mass is 10.1. The summed E-state index contributed by atoms with van der Waals surface area (Å²) < 4.78 is 37.5. The first kappa shape index (κ1) is 15.6. The van der Waals surface area contributed by atoms with Crippen LogP contribution in [0.2, 0.25) is 0 Å². The first-order chi connectivity index (χ1) is 8.30. The fraction of sp³-hybridized carbons (Fsp3) is 0.500. The Morgan fingerprint density at radius 1 is 1.17 bits per heavy atom. The van der Waals surface area contributed by atoms with Crippen molar-refractivity contribution in [1.29, 1.82) is 0 Å². The van der Waals surface area contributed by atoms with Crippen LogP contribution in [0, 0.1) is 0 Å². The maximum absolute atomic E-state index is 12.5. The largest absolute Gasteiger partial charge is 0.416 e. The van der Waals surface area contributed by atoms with E-state index in [4.69, 9.17) is 23.2 Å². The van der Waals surface area contributed by atoms with Gasteiger partial charge in [-0.25, -0.2) is 0 Å². The van der Waals surface area contributed by atoms with Crippen LogP contribution in [-0.2, 0) is 12.7 Å². The number of hydrogen-bond donors (Lipinski definition) is 1. The van der Waals surface area contributed by atoms with Gasteiger partial charge >= 0.3 is 6.18 Å². The van der Waals surface area contributed by atoms with Crippen molar-refractivity contribution in [3.05, 3.63) is 35.4 Å². The van der Waals surface area contributed by atoms with E-state index in [1.807, 2.05) is 6.92 Å². The zero-order valence-corrected chi connectivity index (χ0v) is 11.3. The normalized spacial score (nSPS) is 12.8. The lowest BCUT2D eigenvalue weighted by Crippen LogP contribution is -2.45. The summed E-state index contributed by atoms with van der Waals surface area (Å²) >= 11 is 11.5. The molecule has 0 aliphatic rings. The SMILES string of the molecule is CC(CCl)(CCl)NCc1cccc(C(F)(F)F)c1. The molecule has 18 heavy (non-hydrogen) atoms. The van der Waals surface area contributed by atoms with E-state index in [0.29, 0.717) is 12.1 Å². The highest BCUT2D eigenvalue weighted by Gasteiger charge is 2.30. The lowest BCUT2D eigenvalue weighted by Gasteiger charge is -2.26. The summed E-state index contributed by atoms with van der Waals surface area (Å²) in [4.78, 5) is 0. The molecule has 0 saturated heterocycles. The molecule has 102 valence electrons. The topological polar surface area (TPSA) is 12.0 Å². The molecule has 1 aromatic carbocycles. The van der Waals surface area contributed by atoms with Crippen molar-refractivity contribution in [1.82, 2.24) is 5.32 Å². The Bertz CT molecular complexity index is 389. The van der Waals surface area contributed by atoms with E-state index in [-0.39, 0.29) is 11.8 Å². The summed E-state index contributed by atoms with van der Waals surface area (Å²) in [5.41, 5.74) is -0.594. The highest BCUT2D eigenvalue weighted by molar-refractivity contribution is 6.22. The average Bonchev–Trinajstić information content (AvgIpc) is 2.35. The molecule has 0 atom stereocenters. The van der Waals surface area contributed by atoms with Gasteiger partial charge in [-0.1, -0.05) is 18.2 Å². The van der Waals surface area contributed by atoms with Crippen molar-refractivity contribution < 1.29 is 13.2 Å². The minimum Gasteiger partial charge on any atom is -0.305 e. The molecule has 0 heterocycles. The second-order valence-corrected chi connectivity index (χ2v) is 4.91. The first-order valence-corrected chi connectivity index (χ1v) is 6.41. The fourth-order valence-corrected chi connectivity index (χ4v) is 1.78. The van der Waals surface area contributed by atoms with E-state index in [0.717, 1.165) is 12.1 Å². The third-order valence-electron chi connectivity index (χ3n) is 2.56. The van der Waals surface area contributed by atoms with Gasteiger partial charge in [0, 0.05) is 23.8 Å². The Kier molecular flexibility index (Phi) is 5.32. The van der Waals surface area contributed by atoms with Gasteiger partial charge in [0.25, 0.3) is 0 Å². The Morgan fingerprint density at radius 3 is 2.28 bits per heavy atom. The Labute approximate surface area is 114 Å². The third kappa shape index (κ3) is 4.34. The molecule has 0 aliphatic heterocycles. The summed E-state index contributed by atoms with van der Waals surface area (Å²) in [5, 5.41) is 3.06. The average molecular weight is 300 g/mol. The van der Waals surface area contributed by atoms with Crippen LogP contribution in [0.15, 0.2) is 24.3 Å². The van der Waals surface area contributed by atoms with Gasteiger partial charge in [-0.15, -0.1) is 23.2 Å². The molecule has 1 N–H and O–H groups in total. The van der Waals surface area contributed by atoms with Crippen molar-refractivity contribution in [3.63, 3.8) is 0 Å². The quantitative estimate of drug-likeness (QED) is 0.810. The maximum Gasteiger partial charge on any atom is 0.416 e. The lowest BCUT2D eigenvalue weighted by molar-refractivity contribution is -0.137. The van der Waals surface area contributed by atoms with Crippen LogP contribution in [0.4, 0.5) is 13.2 Å². The van der Waals surface area contributed by atoms with Crippen LogP contribution in [0.1, 0.15) is 18.1 Å². The summed E-state index contributed by atoms with van der Waals surface area (Å²) in [6, 6.07) is 5.19. The van der Waals surface area contributed by atoms with Gasteiger partial charge in [0.2, 0.25) is 0 Å². The molecule has 1 aromatic rings. The molecule has 0 aliphatic carbocycles. The van der Waals surface area contributed by atoms with E-state index in [1.165, 1.54) is 6.07 Å². The van der Waals surface area contributed by atoms with Gasteiger partial charge in [-0.05, 0) is 18.6 Å². The molecule has 0 fully saturated rings. The van der Waals surface area contributed by atoms with Crippen molar-refractivity contribution in [2.75, 3.05) is 11.8 Å². The maximum atomic E-state index is 12.5. The van der Waals surface area contributed by atoms with Gasteiger partial charge in [-0.2, -0.15) is 13.2 Å². The van der Waals surface area contributed by atoms with Gasteiger partial charge < -0.3 is 5.32 Å². The predicted molar refractivity (Wildman–Crippen MR) is 68.1 cm³/mol. The smallest absolute Gasteiger partial charge is 0.305 e. The van der Waals surface area contributed by atoms with Crippen LogP contribution in [0.3, 0.4) is 0 Å². The van der Waals surface area contributed by atoms with E-state index < -0.39 is 17.3 Å². The third-order valence-corrected chi connectivity index (χ3v) is 3.74. The minimum absolute atomic E-state index is 0.287. The standard InChI is InChI=1S/C12H14Cl2F3N/c1-11(7-13,8-14)18-6-9-3-2-4-10(5-9)12(15,16)17/h2-5,18H,6-8H2,1H3. The molecular formula is C12H14Cl2F3N. The molecule has 0 amide bonds. The fourth-order valence-electron chi connectivity index (χ4n) is 1.30. The molecule has 6 heteroatoms. The van der Waals surface area contributed by atoms with E-state index in [2.05, 4.69) is 5.32 Å². The highest BCUT2D eigenvalue weighted by atomic mass is 35.5. The number of nitrogens with one attached hydrogen (secondary N) is 1. The van der Waals surface area contributed by atoms with Crippen LogP contribution in [0.25, 0.3) is 0 Å². The number of benzene rings is 1. The van der Waals surface area contributed by atoms with Gasteiger partial charge in [-0.3, -0.25) is 0 Å². The van der Waals surface area contributed by atoms with Gasteiger partial charge in [0.05, 0.1) is 5.56 Å². The monoisotopic (exact) mass is 299 g/mol. The zero-order chi connectivity index (χ0) is 13.8. The van der Waals surface area contributed by atoms with Crippen LogP contribution in [0.5, 0.6) is 0 Å². The number of alkyl halides is 5. The van der Waals surface area contributed by atoms with E-state index in [9.17, 15) is 13.2 Å². The Balaban J connectivity index is 2.75. The van der Waals surface area contributed by atoms with Crippen molar-refractivity contribution in [2.45, 2.75) is 25.2 Å². The molecular weight excluding hydrogens is 286 g/mol. The Hall–Kier alpha value is -0.450. The zero-order valence-electron chi connectivity index (χ0n) is 9.82. The second-order valence-electron chi connectivity index (χ2n) is 4.38. The highest BCUT2D eigenvalue weighted by Crippen LogP contribution is 2.29. The first-order valence-electron chi connectivity index (χ1n) is 5.34. The summed E-state index contributed by atoms with van der Waals surface area (Å²) in [5.74, 6) is 0.574. The second kappa shape index (κ2) is 6.13. The van der Waals surface area contributed by atoms with Crippen LogP contribution < -0.4 is 5.32 Å². The van der Waals surface area contributed by atoms with Crippen LogP contribution >= 0.6 is 23.2 Å². The van der Waals surface area contributed by atoms with E-state index >= 15 is 0 Å². The summed E-state index contributed by atoms with van der Waals surface area (Å²) in [6.45, 7) is 2.11. The molecule has 0 spiro atoms. The number of halogens is 5. The van der Waals surface area contributed by atoms with Gasteiger partial charge in [0.15, 0.2) is 0 Å². The molecule has 0 saturated carbocycles. The molecule has 0 radical (unpaired) electrons. The predicted octanol–water partition coefficient (Wildman–Crippen LogP) is 4.03. The van der Waals surface area contributed by atoms with Crippen molar-refractivity contribution >= 4 is 23.2 Å². The minimum atomic E-state index is -4.32. The molecule has 0 aromatic heterocycles. The van der Waals surface area contributed by atoms with Crippen molar-refractivity contribution in [3.8, 4) is 0 Å². The molecule has 1 nitrogen and oxygen atoms in total. The molecule has 0 unspecified atom stereocenters. The number of hydrogen-bond acceptors (Lipinski definition) is 1. The molecule has 0 bridgehead atoms. The number of rotatable bonds is 5.